The van der Waals surface area contributed by atoms with Gasteiger partial charge in [-0.3, -0.25) is 14.4 Å². The van der Waals surface area contributed by atoms with Gasteiger partial charge in [0.1, 0.15) is 17.3 Å². The van der Waals surface area contributed by atoms with E-state index in [1.807, 2.05) is 61.5 Å². The molecule has 6 heteroatoms. The molecule has 1 N–H and O–H groups in total. The normalized spacial score (nSPS) is 12.4. The minimum Gasteiger partial charge on any atom is -0.457 e. The monoisotopic (exact) mass is 433 g/mol. The molecular formula is C25H23NO4S. The number of Topliss-reactive ketones (excluding diaryl/α,β-unsaturated/α-hetero) is 2. The standard InChI is InChI=1S/C25H23NO4S/c1-16-10-14-23(31-16)20(28)13-11-17(27)12-15-24(29)26-25-18-6-2-4-8-21(18)30-22-9-5-3-7-19(22)25/h2-10,14,25H,11-13,15H2,1H3,(H,26,29). The first kappa shape index (κ1) is 21.0. The maximum atomic E-state index is 12.6. The molecule has 0 saturated heterocycles. The summed E-state index contributed by atoms with van der Waals surface area (Å²) in [7, 11) is 0. The van der Waals surface area contributed by atoms with Crippen LogP contribution >= 0.6 is 11.3 Å². The molecular weight excluding hydrogens is 410 g/mol. The Morgan fingerprint density at radius 3 is 2.06 bits per heavy atom. The number of carbonyl (C=O) groups excluding carboxylic acids is 3. The van der Waals surface area contributed by atoms with E-state index in [9.17, 15) is 14.4 Å². The molecule has 5 nitrogen and oxygen atoms in total. The van der Waals surface area contributed by atoms with E-state index in [1.54, 1.807) is 6.07 Å². The van der Waals surface area contributed by atoms with E-state index in [4.69, 9.17) is 4.74 Å². The SMILES string of the molecule is Cc1ccc(C(=O)CCC(=O)CCC(=O)NC2c3ccccc3Oc3ccccc32)s1. The van der Waals surface area contributed by atoms with Crippen molar-refractivity contribution in [3.8, 4) is 11.5 Å². The Hall–Kier alpha value is -3.25. The van der Waals surface area contributed by atoms with Crippen molar-refractivity contribution in [1.82, 2.24) is 5.32 Å². The van der Waals surface area contributed by atoms with Crippen molar-refractivity contribution in [2.24, 2.45) is 0 Å². The molecule has 158 valence electrons. The van der Waals surface area contributed by atoms with Crippen LogP contribution < -0.4 is 10.1 Å². The highest BCUT2D eigenvalue weighted by molar-refractivity contribution is 7.14. The first-order valence-electron chi connectivity index (χ1n) is 10.3. The summed E-state index contributed by atoms with van der Waals surface area (Å²) in [5.41, 5.74) is 1.77. The van der Waals surface area contributed by atoms with E-state index in [2.05, 4.69) is 5.32 Å². The van der Waals surface area contributed by atoms with Crippen LogP contribution in [0.4, 0.5) is 0 Å². The van der Waals surface area contributed by atoms with Crippen LogP contribution in [0.15, 0.2) is 60.7 Å². The number of ketones is 2. The van der Waals surface area contributed by atoms with Crippen LogP contribution in [0.25, 0.3) is 0 Å². The topological polar surface area (TPSA) is 72.5 Å². The van der Waals surface area contributed by atoms with Crippen molar-refractivity contribution in [2.75, 3.05) is 0 Å². The van der Waals surface area contributed by atoms with Gasteiger partial charge < -0.3 is 10.1 Å². The molecule has 2 heterocycles. The maximum absolute atomic E-state index is 12.6. The average Bonchev–Trinajstić information content (AvgIpc) is 3.22. The third-order valence-electron chi connectivity index (χ3n) is 5.26. The summed E-state index contributed by atoms with van der Waals surface area (Å²) >= 11 is 1.44. The minimum atomic E-state index is -0.326. The summed E-state index contributed by atoms with van der Waals surface area (Å²) in [6.07, 6.45) is 0.551. The molecule has 0 bridgehead atoms. The Morgan fingerprint density at radius 2 is 1.45 bits per heavy atom. The second kappa shape index (κ2) is 9.27. The van der Waals surface area contributed by atoms with Gasteiger partial charge in [0.05, 0.1) is 10.9 Å². The van der Waals surface area contributed by atoms with Crippen LogP contribution in [-0.4, -0.2) is 17.5 Å². The number of fused-ring (bicyclic) bond motifs is 2. The molecule has 1 aromatic heterocycles. The summed E-state index contributed by atoms with van der Waals surface area (Å²) in [6, 6.07) is 18.6. The van der Waals surface area contributed by atoms with Gasteiger partial charge in [-0.25, -0.2) is 0 Å². The van der Waals surface area contributed by atoms with Crippen LogP contribution in [0.3, 0.4) is 0 Å². The lowest BCUT2D eigenvalue weighted by atomic mass is 9.94. The summed E-state index contributed by atoms with van der Waals surface area (Å²) in [5, 5.41) is 3.04. The molecule has 0 saturated carbocycles. The Bertz CT molecular complexity index is 1090. The quantitative estimate of drug-likeness (QED) is 0.484. The van der Waals surface area contributed by atoms with E-state index in [-0.39, 0.29) is 49.2 Å². The maximum Gasteiger partial charge on any atom is 0.221 e. The number of thiophene rings is 1. The fourth-order valence-electron chi connectivity index (χ4n) is 3.64. The third-order valence-corrected chi connectivity index (χ3v) is 6.30. The van der Waals surface area contributed by atoms with Gasteiger partial charge in [-0.15, -0.1) is 11.3 Å². The summed E-state index contributed by atoms with van der Waals surface area (Å²) in [6.45, 7) is 1.94. The van der Waals surface area contributed by atoms with Crippen LogP contribution in [0.2, 0.25) is 0 Å². The van der Waals surface area contributed by atoms with Crippen molar-refractivity contribution < 1.29 is 19.1 Å². The van der Waals surface area contributed by atoms with Gasteiger partial charge >= 0.3 is 0 Å². The van der Waals surface area contributed by atoms with E-state index in [1.165, 1.54) is 11.3 Å². The van der Waals surface area contributed by atoms with Gasteiger partial charge in [-0.05, 0) is 31.2 Å². The van der Waals surface area contributed by atoms with Gasteiger partial charge in [-0.2, -0.15) is 0 Å². The first-order valence-corrected chi connectivity index (χ1v) is 11.1. The molecule has 0 spiro atoms. The molecule has 1 aliphatic heterocycles. The van der Waals surface area contributed by atoms with Gasteiger partial charge in [-0.1, -0.05) is 36.4 Å². The fourth-order valence-corrected chi connectivity index (χ4v) is 4.47. The van der Waals surface area contributed by atoms with E-state index >= 15 is 0 Å². The first-order chi connectivity index (χ1) is 15.0. The molecule has 4 rings (SSSR count). The number of ether oxygens (including phenoxy) is 1. The number of carbonyl (C=O) groups is 3. The molecule has 0 unspecified atom stereocenters. The molecule has 1 amide bonds. The highest BCUT2D eigenvalue weighted by atomic mass is 32.1. The molecule has 0 radical (unpaired) electrons. The predicted octanol–water partition coefficient (Wildman–Crippen LogP) is 5.38. The summed E-state index contributed by atoms with van der Waals surface area (Å²) < 4.78 is 5.94. The van der Waals surface area contributed by atoms with Crippen LogP contribution in [0.1, 0.15) is 57.4 Å². The summed E-state index contributed by atoms with van der Waals surface area (Å²) in [5.74, 6) is 1.12. The van der Waals surface area contributed by atoms with E-state index in [0.29, 0.717) is 16.4 Å². The summed E-state index contributed by atoms with van der Waals surface area (Å²) in [4.78, 5) is 38.8. The van der Waals surface area contributed by atoms with E-state index < -0.39 is 0 Å². The third kappa shape index (κ3) is 4.91. The molecule has 2 aromatic carbocycles. The number of hydrogen-bond acceptors (Lipinski definition) is 5. The Morgan fingerprint density at radius 1 is 0.839 bits per heavy atom. The van der Waals surface area contributed by atoms with Crippen molar-refractivity contribution in [3.05, 3.63) is 81.5 Å². The second-order valence-electron chi connectivity index (χ2n) is 7.55. The van der Waals surface area contributed by atoms with Crippen LogP contribution in [0, 0.1) is 6.92 Å². The molecule has 1 aliphatic rings. The Kier molecular flexibility index (Phi) is 6.28. The van der Waals surface area contributed by atoms with E-state index in [0.717, 1.165) is 16.0 Å². The van der Waals surface area contributed by atoms with Gasteiger partial charge in [0, 0.05) is 41.7 Å². The van der Waals surface area contributed by atoms with Gasteiger partial charge in [0.25, 0.3) is 0 Å². The molecule has 31 heavy (non-hydrogen) atoms. The lowest BCUT2D eigenvalue weighted by molar-refractivity contribution is -0.125. The van der Waals surface area contributed by atoms with Crippen LogP contribution in [-0.2, 0) is 9.59 Å². The number of hydrogen-bond donors (Lipinski definition) is 1. The smallest absolute Gasteiger partial charge is 0.221 e. The molecule has 0 atom stereocenters. The number of rotatable bonds is 8. The molecule has 0 fully saturated rings. The minimum absolute atomic E-state index is 0.0219. The zero-order chi connectivity index (χ0) is 21.8. The van der Waals surface area contributed by atoms with Gasteiger partial charge in [0.2, 0.25) is 5.91 Å². The second-order valence-corrected chi connectivity index (χ2v) is 8.84. The largest absolute Gasteiger partial charge is 0.457 e. The zero-order valence-corrected chi connectivity index (χ0v) is 18.0. The Balaban J connectivity index is 1.33. The van der Waals surface area contributed by atoms with Gasteiger partial charge in [0.15, 0.2) is 5.78 Å². The predicted molar refractivity (Wildman–Crippen MR) is 120 cm³/mol. The lowest BCUT2D eigenvalue weighted by Gasteiger charge is -2.28. The lowest BCUT2D eigenvalue weighted by Crippen LogP contribution is -2.31. The number of benzene rings is 2. The Labute approximate surface area is 185 Å². The van der Waals surface area contributed by atoms with Crippen molar-refractivity contribution >= 4 is 28.8 Å². The fraction of sp³-hybridized carbons (Fsp3) is 0.240. The highest BCUT2D eigenvalue weighted by Gasteiger charge is 2.28. The number of aryl methyl sites for hydroxylation is 1. The average molecular weight is 434 g/mol. The van der Waals surface area contributed by atoms with Crippen molar-refractivity contribution in [1.29, 1.82) is 0 Å². The van der Waals surface area contributed by atoms with Crippen molar-refractivity contribution in [2.45, 2.75) is 38.6 Å². The van der Waals surface area contributed by atoms with Crippen LogP contribution in [0.5, 0.6) is 11.5 Å². The number of nitrogens with one attached hydrogen (secondary N) is 1. The van der Waals surface area contributed by atoms with Crippen molar-refractivity contribution in [3.63, 3.8) is 0 Å². The zero-order valence-electron chi connectivity index (χ0n) is 17.2. The highest BCUT2D eigenvalue weighted by Crippen LogP contribution is 2.42. The molecule has 0 aliphatic carbocycles. The number of para-hydroxylation sites is 2. The molecule has 3 aromatic rings. The number of amides is 1.